The fourth-order valence-electron chi connectivity index (χ4n) is 0.990. The number of phenols is 1. The fraction of sp³-hybridized carbons (Fsp3) is 0.250. The van der Waals surface area contributed by atoms with E-state index in [9.17, 15) is 13.5 Å². The van der Waals surface area contributed by atoms with E-state index in [-0.39, 0.29) is 11.5 Å². The Hall–Kier alpha value is -0.390. The molecule has 0 heterocycles. The number of benzene rings is 1. The number of hydrogen-bond acceptors (Lipinski definition) is 4. The van der Waals surface area contributed by atoms with Gasteiger partial charge in [0.1, 0.15) is 5.75 Å². The van der Waals surface area contributed by atoms with E-state index < -0.39 is 9.05 Å². The predicted molar refractivity (Wildman–Crippen MR) is 58.4 cm³/mol. The first kappa shape index (κ1) is 11.7. The van der Waals surface area contributed by atoms with Crippen molar-refractivity contribution in [2.24, 2.45) is 0 Å². The molecule has 0 aliphatic rings. The van der Waals surface area contributed by atoms with Gasteiger partial charge in [-0.2, -0.15) is 0 Å². The summed E-state index contributed by atoms with van der Waals surface area (Å²) in [5.74, 6) is -0.401. The molecule has 0 saturated carbocycles. The van der Waals surface area contributed by atoms with Crippen LogP contribution in [0.15, 0.2) is 23.1 Å². The van der Waals surface area contributed by atoms with Gasteiger partial charge in [0.2, 0.25) is 9.05 Å². The SMILES string of the molecule is CSc1ccc(O)c(CS(=O)(=O)Cl)c1. The van der Waals surface area contributed by atoms with E-state index in [0.717, 1.165) is 4.90 Å². The maximum Gasteiger partial charge on any atom is 0.236 e. The van der Waals surface area contributed by atoms with Gasteiger partial charge in [0.05, 0.1) is 5.75 Å². The molecule has 3 nitrogen and oxygen atoms in total. The molecule has 1 rings (SSSR count). The molecule has 0 bridgehead atoms. The number of phenolic OH excluding ortho intramolecular Hbond substituents is 1. The summed E-state index contributed by atoms with van der Waals surface area (Å²) >= 11 is 1.47. The van der Waals surface area contributed by atoms with Crippen molar-refractivity contribution in [1.29, 1.82) is 0 Å². The maximum absolute atomic E-state index is 10.8. The molecule has 0 amide bonds. The molecule has 0 fully saturated rings. The van der Waals surface area contributed by atoms with Gasteiger partial charge in [0, 0.05) is 21.1 Å². The molecule has 78 valence electrons. The van der Waals surface area contributed by atoms with Crippen LogP contribution < -0.4 is 0 Å². The molecule has 1 N–H and O–H groups in total. The monoisotopic (exact) mass is 252 g/mol. The summed E-state index contributed by atoms with van der Waals surface area (Å²) in [7, 11) is 1.47. The van der Waals surface area contributed by atoms with Crippen LogP contribution >= 0.6 is 22.4 Å². The average molecular weight is 253 g/mol. The average Bonchev–Trinajstić information content (AvgIpc) is 2.06. The van der Waals surface area contributed by atoms with Gasteiger partial charge in [-0.25, -0.2) is 8.42 Å². The molecular weight excluding hydrogens is 244 g/mol. The lowest BCUT2D eigenvalue weighted by Gasteiger charge is -2.04. The van der Waals surface area contributed by atoms with Crippen LogP contribution in [0.5, 0.6) is 5.75 Å². The minimum absolute atomic E-state index is 0.0491. The predicted octanol–water partition coefficient (Wildman–Crippen LogP) is 2.18. The molecule has 0 unspecified atom stereocenters. The standard InChI is InChI=1S/C8H9ClO3S2/c1-13-7-2-3-8(10)6(4-7)5-14(9,11)12/h2-4,10H,5H2,1H3. The summed E-state index contributed by atoms with van der Waals surface area (Å²) < 4.78 is 21.6. The molecular formula is C8H9ClO3S2. The van der Waals surface area contributed by atoms with E-state index in [1.807, 2.05) is 6.26 Å². The second-order valence-electron chi connectivity index (χ2n) is 2.68. The smallest absolute Gasteiger partial charge is 0.236 e. The van der Waals surface area contributed by atoms with E-state index >= 15 is 0 Å². The second-order valence-corrected chi connectivity index (χ2v) is 6.33. The molecule has 14 heavy (non-hydrogen) atoms. The fourth-order valence-corrected chi connectivity index (χ4v) is 2.41. The maximum atomic E-state index is 10.8. The molecule has 0 saturated heterocycles. The third-order valence-corrected chi connectivity index (χ3v) is 3.32. The molecule has 0 radical (unpaired) electrons. The van der Waals surface area contributed by atoms with E-state index in [4.69, 9.17) is 10.7 Å². The Labute approximate surface area is 91.5 Å². The Balaban J connectivity index is 3.07. The normalized spacial score (nSPS) is 11.6. The minimum atomic E-state index is -3.62. The van der Waals surface area contributed by atoms with Crippen molar-refractivity contribution < 1.29 is 13.5 Å². The van der Waals surface area contributed by atoms with Crippen molar-refractivity contribution in [3.8, 4) is 5.75 Å². The van der Waals surface area contributed by atoms with Crippen LogP contribution in [-0.4, -0.2) is 19.8 Å². The zero-order valence-corrected chi connectivity index (χ0v) is 9.79. The number of thioether (sulfide) groups is 1. The lowest BCUT2D eigenvalue weighted by molar-refractivity contribution is 0.469. The van der Waals surface area contributed by atoms with E-state index in [2.05, 4.69) is 0 Å². The van der Waals surface area contributed by atoms with Gasteiger partial charge < -0.3 is 5.11 Å². The zero-order chi connectivity index (χ0) is 10.8. The molecule has 0 spiro atoms. The van der Waals surface area contributed by atoms with E-state index in [0.29, 0.717) is 5.56 Å². The number of hydrogen-bond donors (Lipinski definition) is 1. The topological polar surface area (TPSA) is 54.4 Å². The largest absolute Gasteiger partial charge is 0.508 e. The third-order valence-electron chi connectivity index (χ3n) is 1.61. The summed E-state index contributed by atoms with van der Waals surface area (Å²) in [5, 5.41) is 9.36. The number of rotatable bonds is 3. The van der Waals surface area contributed by atoms with E-state index in [1.165, 1.54) is 17.8 Å². The lowest BCUT2D eigenvalue weighted by atomic mass is 10.2. The summed E-state index contributed by atoms with van der Waals surface area (Å²) in [6.45, 7) is 0. The molecule has 0 atom stereocenters. The van der Waals surface area contributed by atoms with Gasteiger partial charge in [-0.1, -0.05) is 0 Å². The zero-order valence-electron chi connectivity index (χ0n) is 7.40. The van der Waals surface area contributed by atoms with Crippen LogP contribution in [0.4, 0.5) is 0 Å². The third kappa shape index (κ3) is 3.40. The van der Waals surface area contributed by atoms with Crippen LogP contribution in [0.3, 0.4) is 0 Å². The van der Waals surface area contributed by atoms with Crippen LogP contribution in [0.2, 0.25) is 0 Å². The van der Waals surface area contributed by atoms with Crippen molar-refractivity contribution in [2.75, 3.05) is 6.26 Å². The second kappa shape index (κ2) is 4.42. The molecule has 1 aromatic rings. The van der Waals surface area contributed by atoms with Crippen LogP contribution in [0.1, 0.15) is 5.56 Å². The Morgan fingerprint density at radius 1 is 1.50 bits per heavy atom. The summed E-state index contributed by atoms with van der Waals surface area (Å²) in [6.07, 6.45) is 1.87. The first-order valence-electron chi connectivity index (χ1n) is 3.70. The Kier molecular flexibility index (Phi) is 3.69. The minimum Gasteiger partial charge on any atom is -0.508 e. The molecule has 0 aromatic heterocycles. The van der Waals surface area contributed by atoms with Crippen LogP contribution in [0, 0.1) is 0 Å². The highest BCUT2D eigenvalue weighted by Crippen LogP contribution is 2.26. The van der Waals surface area contributed by atoms with Gasteiger partial charge in [-0.3, -0.25) is 0 Å². The van der Waals surface area contributed by atoms with Gasteiger partial charge in [-0.05, 0) is 24.5 Å². The van der Waals surface area contributed by atoms with Crippen molar-refractivity contribution in [2.45, 2.75) is 10.6 Å². The summed E-state index contributed by atoms with van der Waals surface area (Å²) in [6, 6.07) is 4.79. The first-order valence-corrected chi connectivity index (χ1v) is 7.41. The molecule has 1 aromatic carbocycles. The molecule has 0 aliphatic carbocycles. The highest BCUT2D eigenvalue weighted by atomic mass is 35.7. The van der Waals surface area contributed by atoms with Gasteiger partial charge in [-0.15, -0.1) is 11.8 Å². The van der Waals surface area contributed by atoms with Gasteiger partial charge in [0.25, 0.3) is 0 Å². The van der Waals surface area contributed by atoms with Crippen molar-refractivity contribution in [3.63, 3.8) is 0 Å². The lowest BCUT2D eigenvalue weighted by Crippen LogP contribution is -1.95. The van der Waals surface area contributed by atoms with Crippen LogP contribution in [0.25, 0.3) is 0 Å². The molecule has 0 aliphatic heterocycles. The molecule has 6 heteroatoms. The Morgan fingerprint density at radius 3 is 2.64 bits per heavy atom. The van der Waals surface area contributed by atoms with Gasteiger partial charge in [0.15, 0.2) is 0 Å². The van der Waals surface area contributed by atoms with Gasteiger partial charge >= 0.3 is 0 Å². The Bertz CT molecular complexity index is 428. The summed E-state index contributed by atoms with van der Waals surface area (Å²) in [5.41, 5.74) is 0.326. The highest BCUT2D eigenvalue weighted by Gasteiger charge is 2.11. The first-order chi connectivity index (χ1) is 6.42. The number of aromatic hydroxyl groups is 1. The summed E-state index contributed by atoms with van der Waals surface area (Å²) in [4.78, 5) is 0.887. The van der Waals surface area contributed by atoms with E-state index in [1.54, 1.807) is 12.1 Å². The number of halogens is 1. The van der Waals surface area contributed by atoms with Crippen LogP contribution in [-0.2, 0) is 14.8 Å². The quantitative estimate of drug-likeness (QED) is 0.662. The van der Waals surface area contributed by atoms with Crippen molar-refractivity contribution in [1.82, 2.24) is 0 Å². The van der Waals surface area contributed by atoms with Crippen molar-refractivity contribution in [3.05, 3.63) is 23.8 Å². The Morgan fingerprint density at radius 2 is 2.14 bits per heavy atom. The van der Waals surface area contributed by atoms with Crippen molar-refractivity contribution >= 4 is 31.5 Å². The highest BCUT2D eigenvalue weighted by molar-refractivity contribution is 8.13.